The Bertz CT molecular complexity index is 659. The lowest BCUT2D eigenvalue weighted by atomic mass is 10.0. The number of hydrogen-bond donors (Lipinski definition) is 1. The summed E-state index contributed by atoms with van der Waals surface area (Å²) in [4.78, 5) is 8.17. The number of anilines is 1. The van der Waals surface area contributed by atoms with Crippen LogP contribution in [0.4, 0.5) is 5.82 Å². The van der Waals surface area contributed by atoms with E-state index < -0.39 is 0 Å². The van der Waals surface area contributed by atoms with E-state index in [4.69, 9.17) is 16.3 Å². The second-order valence-corrected chi connectivity index (χ2v) is 6.47. The Labute approximate surface area is 143 Å². The first-order chi connectivity index (χ1) is 11.0. The van der Waals surface area contributed by atoms with Crippen LogP contribution in [0, 0.1) is 19.8 Å². The van der Waals surface area contributed by atoms with Crippen LogP contribution in [0.25, 0.3) is 0 Å². The topological polar surface area (TPSA) is 47.0 Å². The molecular formula is C18H24ClN3O. The number of nitrogens with zero attached hydrogens (tertiary/aromatic N) is 2. The molecule has 1 aromatic heterocycles. The van der Waals surface area contributed by atoms with Crippen molar-refractivity contribution < 1.29 is 4.74 Å². The van der Waals surface area contributed by atoms with Gasteiger partial charge in [0.25, 0.3) is 0 Å². The lowest BCUT2D eigenvalue weighted by Gasteiger charge is -2.13. The summed E-state index contributed by atoms with van der Waals surface area (Å²) >= 11 is 6.14. The maximum atomic E-state index is 6.14. The lowest BCUT2D eigenvalue weighted by Crippen LogP contribution is -2.13. The predicted octanol–water partition coefficient (Wildman–Crippen LogP) is 4.44. The van der Waals surface area contributed by atoms with Crippen molar-refractivity contribution in [1.29, 1.82) is 0 Å². The Morgan fingerprint density at radius 2 is 2.00 bits per heavy atom. The van der Waals surface area contributed by atoms with Gasteiger partial charge in [-0.1, -0.05) is 37.6 Å². The lowest BCUT2D eigenvalue weighted by molar-refractivity contribution is 0.330. The van der Waals surface area contributed by atoms with Crippen molar-refractivity contribution >= 4 is 17.4 Å². The number of rotatable bonds is 7. The summed E-state index contributed by atoms with van der Waals surface area (Å²) in [5.74, 6) is 2.22. The van der Waals surface area contributed by atoms with Gasteiger partial charge in [0.15, 0.2) is 0 Å². The average Bonchev–Trinajstić information content (AvgIpc) is 2.49. The van der Waals surface area contributed by atoms with Gasteiger partial charge in [0.2, 0.25) is 0 Å². The van der Waals surface area contributed by atoms with Gasteiger partial charge in [0, 0.05) is 0 Å². The van der Waals surface area contributed by atoms with Crippen LogP contribution in [0.15, 0.2) is 24.5 Å². The van der Waals surface area contributed by atoms with Crippen LogP contribution in [0.5, 0.6) is 5.75 Å². The summed E-state index contributed by atoms with van der Waals surface area (Å²) in [7, 11) is 0. The van der Waals surface area contributed by atoms with Crippen LogP contribution in [0.3, 0.4) is 0 Å². The normalized spacial score (nSPS) is 10.9. The molecule has 0 atom stereocenters. The average molecular weight is 334 g/mol. The highest BCUT2D eigenvalue weighted by atomic mass is 35.5. The van der Waals surface area contributed by atoms with E-state index in [0.29, 0.717) is 29.9 Å². The van der Waals surface area contributed by atoms with Crippen LogP contribution in [0.1, 0.15) is 30.7 Å². The Hall–Kier alpha value is -1.81. The fourth-order valence-corrected chi connectivity index (χ4v) is 2.55. The molecule has 2 rings (SSSR count). The highest BCUT2D eigenvalue weighted by Gasteiger charge is 2.06. The molecule has 0 bridgehead atoms. The molecule has 5 heteroatoms. The minimum absolute atomic E-state index is 0.545. The maximum absolute atomic E-state index is 6.14. The molecule has 124 valence electrons. The Morgan fingerprint density at radius 1 is 1.22 bits per heavy atom. The molecule has 1 aromatic carbocycles. The van der Waals surface area contributed by atoms with E-state index in [1.165, 1.54) is 17.5 Å². The third-order valence-corrected chi connectivity index (χ3v) is 3.95. The molecule has 23 heavy (non-hydrogen) atoms. The van der Waals surface area contributed by atoms with Crippen molar-refractivity contribution in [3.63, 3.8) is 0 Å². The van der Waals surface area contributed by atoms with Gasteiger partial charge in [0.05, 0.1) is 12.2 Å². The standard InChI is InChI=1S/C18H24ClN3O/c1-12(2)9-15-5-6-16(13(3)10-15)23-8-7-20-18-17(19)14(4)21-11-22-18/h5-6,10-12H,7-9H2,1-4H3,(H,20,21,22). The first-order valence-corrected chi connectivity index (χ1v) is 8.28. The summed E-state index contributed by atoms with van der Waals surface area (Å²) < 4.78 is 5.84. The van der Waals surface area contributed by atoms with Crippen molar-refractivity contribution in [1.82, 2.24) is 9.97 Å². The summed E-state index contributed by atoms with van der Waals surface area (Å²) in [5, 5.41) is 3.73. The monoisotopic (exact) mass is 333 g/mol. The molecule has 2 aromatic rings. The number of aromatic nitrogens is 2. The molecule has 0 amide bonds. The second kappa shape index (κ2) is 8.16. The van der Waals surface area contributed by atoms with Gasteiger partial charge >= 0.3 is 0 Å². The molecule has 0 spiro atoms. The summed E-state index contributed by atoms with van der Waals surface area (Å²) in [6, 6.07) is 6.39. The minimum atomic E-state index is 0.545. The largest absolute Gasteiger partial charge is 0.491 e. The smallest absolute Gasteiger partial charge is 0.148 e. The Balaban J connectivity index is 1.85. The van der Waals surface area contributed by atoms with Crippen molar-refractivity contribution in [2.75, 3.05) is 18.5 Å². The van der Waals surface area contributed by atoms with Gasteiger partial charge in [-0.05, 0) is 43.4 Å². The van der Waals surface area contributed by atoms with Crippen LogP contribution >= 0.6 is 11.6 Å². The fraction of sp³-hybridized carbons (Fsp3) is 0.444. The van der Waals surface area contributed by atoms with Crippen LogP contribution in [-0.2, 0) is 6.42 Å². The van der Waals surface area contributed by atoms with Gasteiger partial charge in [-0.15, -0.1) is 0 Å². The molecule has 0 aliphatic heterocycles. The van der Waals surface area contributed by atoms with E-state index in [0.717, 1.165) is 17.9 Å². The number of hydrogen-bond acceptors (Lipinski definition) is 4. The maximum Gasteiger partial charge on any atom is 0.148 e. The predicted molar refractivity (Wildman–Crippen MR) is 95.5 cm³/mol. The first kappa shape index (κ1) is 17.5. The number of aryl methyl sites for hydroxylation is 2. The fourth-order valence-electron chi connectivity index (χ4n) is 2.38. The number of halogens is 1. The van der Waals surface area contributed by atoms with Gasteiger partial charge in [-0.3, -0.25) is 0 Å². The number of nitrogens with one attached hydrogen (secondary N) is 1. The third kappa shape index (κ3) is 5.10. The van der Waals surface area contributed by atoms with E-state index in [2.05, 4.69) is 54.3 Å². The van der Waals surface area contributed by atoms with E-state index in [9.17, 15) is 0 Å². The van der Waals surface area contributed by atoms with Crippen LogP contribution in [0.2, 0.25) is 5.02 Å². The van der Waals surface area contributed by atoms with Gasteiger partial charge in [0.1, 0.15) is 29.5 Å². The van der Waals surface area contributed by atoms with E-state index >= 15 is 0 Å². The zero-order valence-corrected chi connectivity index (χ0v) is 14.9. The molecule has 0 unspecified atom stereocenters. The van der Waals surface area contributed by atoms with Crippen molar-refractivity contribution in [3.05, 3.63) is 46.4 Å². The molecule has 0 aliphatic rings. The third-order valence-electron chi connectivity index (χ3n) is 3.50. The van der Waals surface area contributed by atoms with Crippen LogP contribution in [-0.4, -0.2) is 23.1 Å². The molecule has 1 N–H and O–H groups in total. The van der Waals surface area contributed by atoms with Crippen molar-refractivity contribution in [2.45, 2.75) is 34.1 Å². The Morgan fingerprint density at radius 3 is 2.70 bits per heavy atom. The summed E-state index contributed by atoms with van der Waals surface area (Å²) in [5.41, 5.74) is 3.28. The van der Waals surface area contributed by atoms with E-state index in [1.807, 2.05) is 6.92 Å². The van der Waals surface area contributed by atoms with Gasteiger partial charge in [-0.25, -0.2) is 9.97 Å². The zero-order chi connectivity index (χ0) is 16.8. The minimum Gasteiger partial charge on any atom is -0.491 e. The van der Waals surface area contributed by atoms with Gasteiger partial charge < -0.3 is 10.1 Å². The summed E-state index contributed by atoms with van der Waals surface area (Å²) in [6.45, 7) is 9.56. The molecule has 0 aliphatic carbocycles. The highest BCUT2D eigenvalue weighted by molar-refractivity contribution is 6.33. The number of benzene rings is 1. The zero-order valence-electron chi connectivity index (χ0n) is 14.2. The molecule has 4 nitrogen and oxygen atoms in total. The first-order valence-electron chi connectivity index (χ1n) is 7.90. The molecular weight excluding hydrogens is 310 g/mol. The van der Waals surface area contributed by atoms with Gasteiger partial charge in [-0.2, -0.15) is 0 Å². The number of ether oxygens (including phenoxy) is 1. The van der Waals surface area contributed by atoms with E-state index in [1.54, 1.807) is 0 Å². The van der Waals surface area contributed by atoms with E-state index in [-0.39, 0.29) is 0 Å². The van der Waals surface area contributed by atoms with Crippen molar-refractivity contribution in [3.8, 4) is 5.75 Å². The van der Waals surface area contributed by atoms with Crippen LogP contribution < -0.4 is 10.1 Å². The molecule has 1 heterocycles. The molecule has 0 saturated heterocycles. The quantitative estimate of drug-likeness (QED) is 0.761. The summed E-state index contributed by atoms with van der Waals surface area (Å²) in [6.07, 6.45) is 2.59. The molecule has 0 radical (unpaired) electrons. The highest BCUT2D eigenvalue weighted by Crippen LogP contribution is 2.22. The SMILES string of the molecule is Cc1cc(CC(C)C)ccc1OCCNc1ncnc(C)c1Cl. The molecule has 0 saturated carbocycles. The molecule has 0 fully saturated rings. The second-order valence-electron chi connectivity index (χ2n) is 6.09. The van der Waals surface area contributed by atoms with Crippen molar-refractivity contribution in [2.24, 2.45) is 5.92 Å². The Kier molecular flexibility index (Phi) is 6.22.